The molecule has 45 heavy (non-hydrogen) atoms. The Morgan fingerprint density at radius 2 is 1.20 bits per heavy atom. The number of allylic oxidation sites excluding steroid dienone is 4. The van der Waals surface area contributed by atoms with Gasteiger partial charge in [-0.15, -0.1) is 11.3 Å². The van der Waals surface area contributed by atoms with Gasteiger partial charge in [-0.25, -0.2) is 0 Å². The average molecular weight is 592 g/mol. The van der Waals surface area contributed by atoms with Crippen molar-refractivity contribution in [1.29, 1.82) is 0 Å². The third-order valence-corrected chi connectivity index (χ3v) is 10.7. The van der Waals surface area contributed by atoms with Crippen LogP contribution in [0.3, 0.4) is 0 Å². The van der Waals surface area contributed by atoms with Gasteiger partial charge in [0.2, 0.25) is 0 Å². The Balaban J connectivity index is 1.24. The van der Waals surface area contributed by atoms with Crippen LogP contribution in [0.1, 0.15) is 33.4 Å². The summed E-state index contributed by atoms with van der Waals surface area (Å²) < 4.78 is 2.62. The number of hydrogen-bond acceptors (Lipinski definition) is 2. The Labute approximate surface area is 267 Å². The van der Waals surface area contributed by atoms with Gasteiger partial charge in [0.25, 0.3) is 0 Å². The Bertz CT molecular complexity index is 2320. The third kappa shape index (κ3) is 3.79. The van der Waals surface area contributed by atoms with Crippen molar-refractivity contribution in [3.05, 3.63) is 198 Å². The van der Waals surface area contributed by atoms with Gasteiger partial charge in [0, 0.05) is 43.2 Å². The minimum atomic E-state index is -0.445. The lowest BCUT2D eigenvalue weighted by Crippen LogP contribution is -2.28. The normalized spacial score (nSPS) is 16.5. The molecule has 7 aromatic rings. The molecule has 1 aliphatic heterocycles. The van der Waals surface area contributed by atoms with Gasteiger partial charge in [-0.1, -0.05) is 146 Å². The summed E-state index contributed by atoms with van der Waals surface area (Å²) in [6, 6.07) is 50.9. The molecule has 1 aliphatic carbocycles. The number of fused-ring (bicyclic) bond motifs is 7. The molecule has 0 unspecified atom stereocenters. The van der Waals surface area contributed by atoms with Crippen molar-refractivity contribution in [2.45, 2.75) is 5.41 Å². The standard InChI is InChI=1S/C43H29NS/c1-28-22-23-29(33-17-11-18-37-36-16-7-10-21-41(36)45-42(33)37)27-44-40-26-31(24-25-32(28)40)43(30-12-3-2-4-13-30)38-19-8-5-14-34(38)35-15-6-9-20-39(35)43/h2-27,44H,1H2/b23-22-,29-27+. The second kappa shape index (κ2) is 10.1. The largest absolute Gasteiger partial charge is 0.361 e. The first-order valence-electron chi connectivity index (χ1n) is 15.4. The molecule has 0 spiro atoms. The Morgan fingerprint density at radius 1 is 0.533 bits per heavy atom. The number of rotatable bonds is 3. The summed E-state index contributed by atoms with van der Waals surface area (Å²) in [5.74, 6) is 0. The fraction of sp³-hybridized carbons (Fsp3) is 0.0233. The molecule has 0 atom stereocenters. The Kier molecular flexibility index (Phi) is 5.81. The lowest BCUT2D eigenvalue weighted by atomic mass is 9.67. The highest BCUT2D eigenvalue weighted by molar-refractivity contribution is 7.26. The fourth-order valence-electron chi connectivity index (χ4n) is 7.51. The molecule has 0 radical (unpaired) electrons. The SMILES string of the molecule is C=C1/C=C\C(c2cccc3c2sc2ccccc23)=C/Nc2cc(C3(c4ccccc4)c4ccccc4-c4ccccc43)ccc21. The zero-order valence-corrected chi connectivity index (χ0v) is 25.4. The molecule has 0 bridgehead atoms. The van der Waals surface area contributed by atoms with Crippen molar-refractivity contribution in [2.75, 3.05) is 5.32 Å². The van der Waals surface area contributed by atoms with E-state index in [1.807, 2.05) is 11.3 Å². The fourth-order valence-corrected chi connectivity index (χ4v) is 8.75. The topological polar surface area (TPSA) is 12.0 Å². The molecule has 0 saturated heterocycles. The first-order chi connectivity index (χ1) is 22.2. The third-order valence-electron chi connectivity index (χ3n) is 9.52. The van der Waals surface area contributed by atoms with Crippen molar-refractivity contribution in [3.8, 4) is 11.1 Å². The molecule has 1 aromatic heterocycles. The molecule has 2 heteroatoms. The van der Waals surface area contributed by atoms with E-state index in [0.717, 1.165) is 22.4 Å². The zero-order chi connectivity index (χ0) is 30.0. The molecule has 0 saturated carbocycles. The van der Waals surface area contributed by atoms with Gasteiger partial charge in [-0.2, -0.15) is 0 Å². The van der Waals surface area contributed by atoms with Gasteiger partial charge in [0.1, 0.15) is 0 Å². The highest BCUT2D eigenvalue weighted by Crippen LogP contribution is 2.56. The van der Waals surface area contributed by atoms with Gasteiger partial charge >= 0.3 is 0 Å². The quantitative estimate of drug-likeness (QED) is 0.215. The second-order valence-electron chi connectivity index (χ2n) is 11.9. The number of thiophene rings is 1. The van der Waals surface area contributed by atoms with E-state index in [-0.39, 0.29) is 0 Å². The summed E-state index contributed by atoms with van der Waals surface area (Å²) in [7, 11) is 0. The molecule has 1 N–H and O–H groups in total. The van der Waals surface area contributed by atoms with E-state index in [1.165, 1.54) is 59.1 Å². The lowest BCUT2D eigenvalue weighted by Gasteiger charge is -2.34. The molecule has 0 amide bonds. The van der Waals surface area contributed by atoms with Gasteiger partial charge in [-0.05, 0) is 56.7 Å². The van der Waals surface area contributed by atoms with Crippen LogP contribution in [0.2, 0.25) is 0 Å². The number of benzene rings is 6. The van der Waals surface area contributed by atoms with E-state index in [2.05, 4.69) is 170 Å². The summed E-state index contributed by atoms with van der Waals surface area (Å²) in [6.45, 7) is 4.51. The maximum absolute atomic E-state index is 4.51. The monoisotopic (exact) mass is 591 g/mol. The maximum Gasteiger partial charge on any atom is 0.0714 e. The van der Waals surface area contributed by atoms with Crippen LogP contribution in [0.25, 0.3) is 42.4 Å². The van der Waals surface area contributed by atoms with E-state index in [0.29, 0.717) is 0 Å². The van der Waals surface area contributed by atoms with Gasteiger partial charge < -0.3 is 5.32 Å². The smallest absolute Gasteiger partial charge is 0.0714 e. The Morgan fingerprint density at radius 3 is 2.00 bits per heavy atom. The van der Waals surface area contributed by atoms with Gasteiger partial charge in [-0.3, -0.25) is 0 Å². The minimum absolute atomic E-state index is 0.445. The molecule has 212 valence electrons. The van der Waals surface area contributed by atoms with Crippen molar-refractivity contribution in [1.82, 2.24) is 0 Å². The summed E-state index contributed by atoms with van der Waals surface area (Å²) in [5, 5.41) is 6.36. The van der Waals surface area contributed by atoms with E-state index in [1.54, 1.807) is 0 Å². The van der Waals surface area contributed by atoms with Crippen molar-refractivity contribution in [3.63, 3.8) is 0 Å². The van der Waals surface area contributed by atoms with Gasteiger partial charge in [0.05, 0.1) is 5.41 Å². The first kappa shape index (κ1) is 26.0. The minimum Gasteiger partial charge on any atom is -0.361 e. The second-order valence-corrected chi connectivity index (χ2v) is 12.9. The molecule has 0 fully saturated rings. The molecular formula is C43H29NS. The van der Waals surface area contributed by atoms with Crippen molar-refractivity contribution >= 4 is 48.3 Å². The maximum atomic E-state index is 4.51. The molecule has 2 heterocycles. The summed E-state index contributed by atoms with van der Waals surface area (Å²) in [6.07, 6.45) is 6.52. The van der Waals surface area contributed by atoms with Crippen LogP contribution in [0.15, 0.2) is 164 Å². The van der Waals surface area contributed by atoms with E-state index < -0.39 is 5.41 Å². The average Bonchev–Trinajstić information content (AvgIpc) is 3.62. The molecule has 2 aliphatic rings. The van der Waals surface area contributed by atoms with E-state index >= 15 is 0 Å². The predicted octanol–water partition coefficient (Wildman–Crippen LogP) is 11.5. The van der Waals surface area contributed by atoms with Gasteiger partial charge in [0.15, 0.2) is 0 Å². The van der Waals surface area contributed by atoms with E-state index in [4.69, 9.17) is 0 Å². The van der Waals surface area contributed by atoms with Crippen molar-refractivity contribution in [2.24, 2.45) is 0 Å². The lowest BCUT2D eigenvalue weighted by molar-refractivity contribution is 0.768. The van der Waals surface area contributed by atoms with Crippen LogP contribution in [0.5, 0.6) is 0 Å². The highest BCUT2D eigenvalue weighted by atomic mass is 32.1. The highest BCUT2D eigenvalue weighted by Gasteiger charge is 2.46. The van der Waals surface area contributed by atoms with Crippen LogP contribution in [0.4, 0.5) is 5.69 Å². The molecular weight excluding hydrogens is 563 g/mol. The number of nitrogens with one attached hydrogen (secondary N) is 1. The predicted molar refractivity (Wildman–Crippen MR) is 193 cm³/mol. The van der Waals surface area contributed by atoms with Crippen LogP contribution in [-0.4, -0.2) is 0 Å². The first-order valence-corrected chi connectivity index (χ1v) is 16.2. The Hall–Kier alpha value is -5.44. The van der Waals surface area contributed by atoms with Crippen LogP contribution in [-0.2, 0) is 5.41 Å². The van der Waals surface area contributed by atoms with Crippen molar-refractivity contribution < 1.29 is 0 Å². The summed E-state index contributed by atoms with van der Waals surface area (Å²) >= 11 is 1.86. The van der Waals surface area contributed by atoms with Crippen LogP contribution in [0, 0.1) is 0 Å². The zero-order valence-electron chi connectivity index (χ0n) is 24.6. The number of anilines is 1. The van der Waals surface area contributed by atoms with E-state index in [9.17, 15) is 0 Å². The summed E-state index contributed by atoms with van der Waals surface area (Å²) in [5.41, 5.74) is 12.8. The number of hydrogen-bond donors (Lipinski definition) is 1. The molecule has 6 aromatic carbocycles. The van der Waals surface area contributed by atoms with Crippen LogP contribution < -0.4 is 5.32 Å². The summed E-state index contributed by atoms with van der Waals surface area (Å²) in [4.78, 5) is 0. The van der Waals surface area contributed by atoms with Crippen LogP contribution >= 0.6 is 11.3 Å². The molecule has 1 nitrogen and oxygen atoms in total. The molecule has 9 rings (SSSR count).